The van der Waals surface area contributed by atoms with Gasteiger partial charge in [-0.2, -0.15) is 5.10 Å². The lowest BCUT2D eigenvalue weighted by Gasteiger charge is -2.27. The number of aryl methyl sites for hydroxylation is 1. The Balaban J connectivity index is 2.30. The van der Waals surface area contributed by atoms with Crippen LogP contribution in [0, 0.1) is 12.3 Å². The Bertz CT molecular complexity index is 896. The van der Waals surface area contributed by atoms with Crippen molar-refractivity contribution in [2.45, 2.75) is 47.0 Å². The quantitative estimate of drug-likeness (QED) is 0.717. The van der Waals surface area contributed by atoms with Crippen molar-refractivity contribution in [3.05, 3.63) is 41.6 Å². The SMILES string of the molecule is Cc1ccccc1-n1nc(C(C)(C)C)cc1NC(=O)CN(C)C(=O)C(C)(C)CCl. The fourth-order valence-electron chi connectivity index (χ4n) is 2.86. The first-order valence-electron chi connectivity index (χ1n) is 9.65. The Hall–Kier alpha value is -2.34. The molecular weight excluding hydrogens is 388 g/mol. The zero-order valence-corrected chi connectivity index (χ0v) is 19.1. The molecule has 0 spiro atoms. The van der Waals surface area contributed by atoms with Gasteiger partial charge in [-0.3, -0.25) is 9.59 Å². The van der Waals surface area contributed by atoms with Gasteiger partial charge in [0.25, 0.3) is 0 Å². The summed E-state index contributed by atoms with van der Waals surface area (Å²) < 4.78 is 1.75. The van der Waals surface area contributed by atoms with Crippen LogP contribution in [0.1, 0.15) is 45.9 Å². The highest BCUT2D eigenvalue weighted by atomic mass is 35.5. The Morgan fingerprint density at radius 1 is 1.17 bits per heavy atom. The van der Waals surface area contributed by atoms with Gasteiger partial charge in [0.15, 0.2) is 0 Å². The normalized spacial score (nSPS) is 12.0. The van der Waals surface area contributed by atoms with E-state index in [1.165, 1.54) is 4.90 Å². The molecule has 29 heavy (non-hydrogen) atoms. The van der Waals surface area contributed by atoms with Crippen molar-refractivity contribution in [3.63, 3.8) is 0 Å². The van der Waals surface area contributed by atoms with Gasteiger partial charge in [0.05, 0.1) is 23.3 Å². The molecule has 0 bridgehead atoms. The first-order valence-corrected chi connectivity index (χ1v) is 10.2. The van der Waals surface area contributed by atoms with Gasteiger partial charge in [-0.25, -0.2) is 4.68 Å². The molecule has 7 heteroatoms. The van der Waals surface area contributed by atoms with Crippen LogP contribution in [0.3, 0.4) is 0 Å². The van der Waals surface area contributed by atoms with Gasteiger partial charge >= 0.3 is 0 Å². The van der Waals surface area contributed by atoms with Gasteiger partial charge in [0.2, 0.25) is 11.8 Å². The smallest absolute Gasteiger partial charge is 0.245 e. The molecule has 158 valence electrons. The third-order valence-electron chi connectivity index (χ3n) is 4.73. The van der Waals surface area contributed by atoms with Crippen LogP contribution in [-0.4, -0.2) is 46.0 Å². The minimum absolute atomic E-state index is 0.0665. The highest BCUT2D eigenvalue weighted by Crippen LogP contribution is 2.27. The van der Waals surface area contributed by atoms with E-state index in [9.17, 15) is 9.59 Å². The zero-order chi connectivity index (χ0) is 22.0. The van der Waals surface area contributed by atoms with Crippen molar-refractivity contribution in [2.24, 2.45) is 5.41 Å². The monoisotopic (exact) mass is 418 g/mol. The summed E-state index contributed by atoms with van der Waals surface area (Å²) in [5, 5.41) is 7.65. The van der Waals surface area contributed by atoms with Crippen LogP contribution in [0.5, 0.6) is 0 Å². The van der Waals surface area contributed by atoms with Crippen LogP contribution in [-0.2, 0) is 15.0 Å². The molecule has 0 saturated carbocycles. The summed E-state index contributed by atoms with van der Waals surface area (Å²) in [5.41, 5.74) is 1.90. The number of aromatic nitrogens is 2. The van der Waals surface area contributed by atoms with E-state index in [0.29, 0.717) is 5.82 Å². The number of hydrogen-bond acceptors (Lipinski definition) is 3. The van der Waals surface area contributed by atoms with Gasteiger partial charge in [-0.15, -0.1) is 11.6 Å². The molecule has 1 heterocycles. The Kier molecular flexibility index (Phi) is 6.78. The van der Waals surface area contributed by atoms with Gasteiger partial charge in [-0.05, 0) is 32.4 Å². The molecule has 0 aliphatic carbocycles. The molecule has 0 fully saturated rings. The third-order valence-corrected chi connectivity index (χ3v) is 5.40. The molecule has 0 aliphatic heterocycles. The lowest BCUT2D eigenvalue weighted by atomic mass is 9.92. The van der Waals surface area contributed by atoms with Gasteiger partial charge in [0.1, 0.15) is 5.82 Å². The van der Waals surface area contributed by atoms with E-state index in [0.717, 1.165) is 16.9 Å². The van der Waals surface area contributed by atoms with Crippen molar-refractivity contribution in [2.75, 3.05) is 24.8 Å². The maximum atomic E-state index is 12.7. The summed E-state index contributed by atoms with van der Waals surface area (Å²) in [4.78, 5) is 26.6. The van der Waals surface area contributed by atoms with Crippen molar-refractivity contribution in [3.8, 4) is 5.69 Å². The number of benzene rings is 1. The van der Waals surface area contributed by atoms with E-state index in [2.05, 4.69) is 26.1 Å². The second-order valence-electron chi connectivity index (χ2n) is 9.09. The molecule has 0 atom stereocenters. The number of halogens is 1. The number of carbonyl (C=O) groups is 2. The van der Waals surface area contributed by atoms with Crippen molar-refractivity contribution in [1.29, 1.82) is 0 Å². The number of hydrogen-bond donors (Lipinski definition) is 1. The summed E-state index contributed by atoms with van der Waals surface area (Å²) in [7, 11) is 1.61. The molecule has 1 aromatic carbocycles. The zero-order valence-electron chi connectivity index (χ0n) is 18.3. The number of nitrogens with zero attached hydrogens (tertiary/aromatic N) is 3. The number of anilines is 1. The van der Waals surface area contributed by atoms with Crippen molar-refractivity contribution >= 4 is 29.2 Å². The first-order chi connectivity index (χ1) is 13.4. The molecule has 0 radical (unpaired) electrons. The van der Waals surface area contributed by atoms with E-state index in [1.54, 1.807) is 25.6 Å². The largest absolute Gasteiger partial charge is 0.336 e. The van der Waals surface area contributed by atoms with E-state index >= 15 is 0 Å². The predicted molar refractivity (Wildman–Crippen MR) is 118 cm³/mol. The summed E-state index contributed by atoms with van der Waals surface area (Å²) in [6.45, 7) is 11.7. The highest BCUT2D eigenvalue weighted by Gasteiger charge is 2.30. The fourth-order valence-corrected chi connectivity index (χ4v) is 2.98. The average molecular weight is 419 g/mol. The van der Waals surface area contributed by atoms with Crippen LogP contribution < -0.4 is 5.32 Å². The van der Waals surface area contributed by atoms with Crippen molar-refractivity contribution in [1.82, 2.24) is 14.7 Å². The minimum atomic E-state index is -0.723. The van der Waals surface area contributed by atoms with E-state index in [4.69, 9.17) is 16.7 Å². The molecule has 6 nitrogen and oxygen atoms in total. The Morgan fingerprint density at radius 3 is 2.34 bits per heavy atom. The van der Waals surface area contributed by atoms with Crippen LogP contribution in [0.4, 0.5) is 5.82 Å². The van der Waals surface area contributed by atoms with Crippen molar-refractivity contribution < 1.29 is 9.59 Å². The number of carbonyl (C=O) groups excluding carboxylic acids is 2. The lowest BCUT2D eigenvalue weighted by Crippen LogP contribution is -2.43. The lowest BCUT2D eigenvalue weighted by molar-refractivity contribution is -0.140. The summed E-state index contributed by atoms with van der Waals surface area (Å²) in [6, 6.07) is 9.75. The minimum Gasteiger partial charge on any atom is -0.336 e. The number of amides is 2. The van der Waals surface area contributed by atoms with E-state index < -0.39 is 5.41 Å². The second-order valence-corrected chi connectivity index (χ2v) is 9.36. The van der Waals surface area contributed by atoms with Crippen LogP contribution in [0.15, 0.2) is 30.3 Å². The molecule has 1 aromatic heterocycles. The molecule has 1 N–H and O–H groups in total. The Morgan fingerprint density at radius 2 is 1.79 bits per heavy atom. The number of likely N-dealkylation sites (N-methyl/N-ethyl adjacent to an activating group) is 1. The Labute approximate surface area is 178 Å². The van der Waals surface area contributed by atoms with Gasteiger partial charge in [0, 0.05) is 24.4 Å². The number of rotatable bonds is 6. The number of para-hydroxylation sites is 1. The fraction of sp³-hybridized carbons (Fsp3) is 0.500. The highest BCUT2D eigenvalue weighted by molar-refractivity contribution is 6.19. The summed E-state index contributed by atoms with van der Waals surface area (Å²) >= 11 is 5.89. The molecule has 2 aromatic rings. The maximum absolute atomic E-state index is 12.7. The predicted octanol–water partition coefficient (Wildman–Crippen LogP) is 4.14. The molecule has 0 aliphatic rings. The third kappa shape index (κ3) is 5.38. The first kappa shape index (κ1) is 22.9. The number of nitrogens with one attached hydrogen (secondary N) is 1. The van der Waals surface area contributed by atoms with Crippen LogP contribution in [0.25, 0.3) is 5.69 Å². The molecular formula is C22H31ClN4O2. The maximum Gasteiger partial charge on any atom is 0.245 e. The average Bonchev–Trinajstić information content (AvgIpc) is 3.05. The summed E-state index contributed by atoms with van der Waals surface area (Å²) in [5.74, 6) is 0.297. The molecule has 0 unspecified atom stereocenters. The molecule has 2 rings (SSSR count). The van der Waals surface area contributed by atoms with Gasteiger partial charge in [-0.1, -0.05) is 39.0 Å². The van der Waals surface area contributed by atoms with Crippen LogP contribution >= 0.6 is 11.6 Å². The van der Waals surface area contributed by atoms with Crippen LogP contribution in [0.2, 0.25) is 0 Å². The van der Waals surface area contributed by atoms with Gasteiger partial charge < -0.3 is 10.2 Å². The summed E-state index contributed by atoms with van der Waals surface area (Å²) in [6.07, 6.45) is 0. The second kappa shape index (κ2) is 8.57. The molecule has 0 saturated heterocycles. The van der Waals surface area contributed by atoms with E-state index in [-0.39, 0.29) is 29.7 Å². The topological polar surface area (TPSA) is 67.2 Å². The van der Waals surface area contributed by atoms with E-state index in [1.807, 2.05) is 37.3 Å². The standard InChI is InChI=1S/C22H31ClN4O2/c1-15-10-8-9-11-16(15)27-18(12-17(25-27)21(2,3)4)24-19(28)13-26(7)20(29)22(5,6)14-23/h8-12H,13-14H2,1-7H3,(H,24,28). The number of alkyl halides is 1. The molecule has 2 amide bonds.